The zero-order valence-electron chi connectivity index (χ0n) is 17.8. The maximum absolute atomic E-state index is 10.9. The molecule has 5 heteroatoms. The van der Waals surface area contributed by atoms with Gasteiger partial charge < -0.3 is 14.5 Å². The van der Waals surface area contributed by atoms with Crippen molar-refractivity contribution in [3.63, 3.8) is 0 Å². The lowest BCUT2D eigenvalue weighted by molar-refractivity contribution is 0.311. The quantitative estimate of drug-likeness (QED) is 0.259. The number of hydrogen-bond donors (Lipinski definition) is 2. The number of ether oxygens (including phenoxy) is 1. The first-order valence-corrected chi connectivity index (χ1v) is 12.7. The van der Waals surface area contributed by atoms with E-state index in [1.807, 2.05) is 18.2 Å². The molecule has 0 amide bonds. The third-order valence-electron chi connectivity index (χ3n) is 5.26. The normalized spacial score (nSPS) is 11.4. The van der Waals surface area contributed by atoms with Gasteiger partial charge in [-0.2, -0.15) is 0 Å². The molecule has 0 aliphatic heterocycles. The molecular formula is C26H31O4P. The van der Waals surface area contributed by atoms with Crippen LogP contribution < -0.4 is 4.74 Å². The maximum Gasteiger partial charge on any atom is 0.325 e. The Morgan fingerprint density at radius 1 is 0.677 bits per heavy atom. The fraction of sp³-hybridized carbons (Fsp3) is 0.308. The molecule has 0 aliphatic rings. The van der Waals surface area contributed by atoms with Crippen LogP contribution in [-0.2, 0) is 17.4 Å². The summed E-state index contributed by atoms with van der Waals surface area (Å²) in [4.78, 5) is 17.8. The van der Waals surface area contributed by atoms with Gasteiger partial charge in [0, 0.05) is 6.16 Å². The molecule has 0 atom stereocenters. The molecule has 3 aromatic rings. The molecule has 3 rings (SSSR count). The highest BCUT2D eigenvalue weighted by Gasteiger charge is 2.11. The molecule has 0 bridgehead atoms. The van der Waals surface area contributed by atoms with Crippen molar-refractivity contribution >= 4 is 7.60 Å². The fourth-order valence-corrected chi connectivity index (χ4v) is 4.20. The van der Waals surface area contributed by atoms with Crippen LogP contribution in [0.1, 0.15) is 36.8 Å². The molecule has 0 spiro atoms. The largest absolute Gasteiger partial charge is 0.494 e. The van der Waals surface area contributed by atoms with E-state index in [2.05, 4.69) is 60.7 Å². The number of hydrogen-bond acceptors (Lipinski definition) is 2. The van der Waals surface area contributed by atoms with Crippen LogP contribution in [0.4, 0.5) is 0 Å². The first-order chi connectivity index (χ1) is 15.0. The van der Waals surface area contributed by atoms with Crippen LogP contribution in [0, 0.1) is 0 Å². The van der Waals surface area contributed by atoms with Crippen molar-refractivity contribution in [2.75, 3.05) is 12.8 Å². The van der Waals surface area contributed by atoms with Crippen molar-refractivity contribution in [1.82, 2.24) is 0 Å². The van der Waals surface area contributed by atoms with E-state index in [-0.39, 0.29) is 6.16 Å². The molecule has 4 nitrogen and oxygen atoms in total. The smallest absolute Gasteiger partial charge is 0.325 e. The molecule has 0 saturated carbocycles. The van der Waals surface area contributed by atoms with E-state index in [9.17, 15) is 4.57 Å². The van der Waals surface area contributed by atoms with Crippen LogP contribution in [-0.4, -0.2) is 22.6 Å². The van der Waals surface area contributed by atoms with Crippen LogP contribution in [0.2, 0.25) is 0 Å². The van der Waals surface area contributed by atoms with Crippen LogP contribution in [0.3, 0.4) is 0 Å². The average molecular weight is 439 g/mol. The van der Waals surface area contributed by atoms with Gasteiger partial charge in [-0.1, -0.05) is 73.2 Å². The summed E-state index contributed by atoms with van der Waals surface area (Å²) in [7, 11) is -3.86. The number of rotatable bonds is 12. The van der Waals surface area contributed by atoms with Gasteiger partial charge in [-0.3, -0.25) is 4.57 Å². The lowest BCUT2D eigenvalue weighted by Gasteiger charge is -2.09. The zero-order valence-corrected chi connectivity index (χ0v) is 18.7. The lowest BCUT2D eigenvalue weighted by Crippen LogP contribution is -1.99. The molecule has 0 saturated heterocycles. The van der Waals surface area contributed by atoms with Gasteiger partial charge in [0.15, 0.2) is 0 Å². The summed E-state index contributed by atoms with van der Waals surface area (Å²) < 4.78 is 16.8. The second kappa shape index (κ2) is 11.9. The van der Waals surface area contributed by atoms with Crippen LogP contribution >= 0.6 is 7.60 Å². The maximum atomic E-state index is 10.9. The molecular weight excluding hydrogens is 407 g/mol. The minimum atomic E-state index is -3.86. The van der Waals surface area contributed by atoms with Crippen molar-refractivity contribution in [3.05, 3.63) is 90.0 Å². The Morgan fingerprint density at radius 3 is 2.13 bits per heavy atom. The molecule has 0 heterocycles. The molecule has 3 aromatic carbocycles. The number of aryl methyl sites for hydroxylation is 2. The number of unbranched alkanes of at least 4 members (excludes halogenated alkanes) is 2. The summed E-state index contributed by atoms with van der Waals surface area (Å²) in [6.07, 6.45) is 5.24. The molecule has 0 fully saturated rings. The molecule has 2 N–H and O–H groups in total. The molecule has 0 aliphatic carbocycles. The average Bonchev–Trinajstić information content (AvgIpc) is 2.77. The first kappa shape index (κ1) is 23.3. The van der Waals surface area contributed by atoms with Gasteiger partial charge in [-0.25, -0.2) is 0 Å². The van der Waals surface area contributed by atoms with E-state index >= 15 is 0 Å². The molecule has 0 unspecified atom stereocenters. The SMILES string of the molecule is O=P(O)(O)CCCCCc1ccc(-c2cccc(OCCCc3ccccc3)c2)cc1. The highest BCUT2D eigenvalue weighted by molar-refractivity contribution is 7.51. The third kappa shape index (κ3) is 8.70. The predicted octanol–water partition coefficient (Wildman–Crippen LogP) is 6.26. The van der Waals surface area contributed by atoms with Gasteiger partial charge >= 0.3 is 7.60 Å². The van der Waals surface area contributed by atoms with Gasteiger partial charge in [0.25, 0.3) is 0 Å². The highest BCUT2D eigenvalue weighted by Crippen LogP contribution is 2.35. The van der Waals surface area contributed by atoms with Crippen molar-refractivity contribution in [2.45, 2.75) is 38.5 Å². The molecule has 0 aromatic heterocycles. The van der Waals surface area contributed by atoms with Gasteiger partial charge in [0.2, 0.25) is 0 Å². The third-order valence-corrected chi connectivity index (χ3v) is 6.16. The van der Waals surface area contributed by atoms with Crippen molar-refractivity contribution in [3.8, 4) is 16.9 Å². The van der Waals surface area contributed by atoms with E-state index in [1.54, 1.807) is 0 Å². The van der Waals surface area contributed by atoms with E-state index in [4.69, 9.17) is 14.5 Å². The van der Waals surface area contributed by atoms with E-state index < -0.39 is 7.60 Å². The Kier molecular flexibility index (Phi) is 8.90. The second-order valence-electron chi connectivity index (χ2n) is 7.86. The van der Waals surface area contributed by atoms with Gasteiger partial charge in [0.1, 0.15) is 5.75 Å². The first-order valence-electron chi connectivity index (χ1n) is 10.9. The van der Waals surface area contributed by atoms with Gasteiger partial charge in [0.05, 0.1) is 6.61 Å². The zero-order chi connectivity index (χ0) is 21.9. The van der Waals surface area contributed by atoms with Gasteiger partial charge in [-0.15, -0.1) is 0 Å². The minimum absolute atomic E-state index is 0.0173. The molecule has 164 valence electrons. The van der Waals surface area contributed by atoms with E-state index in [0.29, 0.717) is 13.0 Å². The minimum Gasteiger partial charge on any atom is -0.494 e. The second-order valence-corrected chi connectivity index (χ2v) is 9.64. The van der Waals surface area contributed by atoms with Crippen LogP contribution in [0.25, 0.3) is 11.1 Å². The summed E-state index contributed by atoms with van der Waals surface area (Å²) in [6, 6.07) is 27.2. The molecule has 31 heavy (non-hydrogen) atoms. The van der Waals surface area contributed by atoms with Crippen LogP contribution in [0.5, 0.6) is 5.75 Å². The summed E-state index contributed by atoms with van der Waals surface area (Å²) >= 11 is 0. The summed E-state index contributed by atoms with van der Waals surface area (Å²) in [6.45, 7) is 0.694. The molecule has 0 radical (unpaired) electrons. The number of benzene rings is 3. The van der Waals surface area contributed by atoms with E-state index in [0.717, 1.165) is 49.0 Å². The summed E-state index contributed by atoms with van der Waals surface area (Å²) in [5, 5.41) is 0. The van der Waals surface area contributed by atoms with Gasteiger partial charge in [-0.05, 0) is 66.5 Å². The Balaban J connectivity index is 1.45. The lowest BCUT2D eigenvalue weighted by atomic mass is 10.0. The summed E-state index contributed by atoms with van der Waals surface area (Å²) in [5.74, 6) is 0.889. The monoisotopic (exact) mass is 438 g/mol. The Morgan fingerprint density at radius 2 is 1.39 bits per heavy atom. The standard InChI is InChI=1S/C26H31O4P/c27-31(28,29)20-6-2-5-11-23-15-17-24(18-16-23)25-13-7-14-26(21-25)30-19-8-12-22-9-3-1-4-10-22/h1,3-4,7,9-10,13-18,21H,2,5-6,8,11-12,19-20H2,(H2,27,28,29). The van der Waals surface area contributed by atoms with Crippen molar-refractivity contribution in [1.29, 1.82) is 0 Å². The Labute approximate surface area is 185 Å². The highest BCUT2D eigenvalue weighted by atomic mass is 31.2. The van der Waals surface area contributed by atoms with Crippen molar-refractivity contribution < 1.29 is 19.1 Å². The topological polar surface area (TPSA) is 66.8 Å². The van der Waals surface area contributed by atoms with Crippen molar-refractivity contribution in [2.24, 2.45) is 0 Å². The van der Waals surface area contributed by atoms with Crippen LogP contribution in [0.15, 0.2) is 78.9 Å². The van der Waals surface area contributed by atoms with E-state index in [1.165, 1.54) is 11.1 Å². The predicted molar refractivity (Wildman–Crippen MR) is 127 cm³/mol. The fourth-order valence-electron chi connectivity index (χ4n) is 3.56. The summed E-state index contributed by atoms with van der Waals surface area (Å²) in [5.41, 5.74) is 4.86. The Bertz CT molecular complexity index is 964. The Hall–Kier alpha value is -2.39.